The van der Waals surface area contributed by atoms with Crippen LogP contribution in [0.25, 0.3) is 0 Å². The first-order chi connectivity index (χ1) is 13.1. The summed E-state index contributed by atoms with van der Waals surface area (Å²) in [5.74, 6) is 2.55. The highest BCUT2D eigenvalue weighted by Crippen LogP contribution is 2.38. The molecule has 0 radical (unpaired) electrons. The molecule has 0 atom stereocenters. The molecule has 0 aliphatic rings. The second-order valence-corrected chi connectivity index (χ2v) is 6.86. The summed E-state index contributed by atoms with van der Waals surface area (Å²) in [5, 5.41) is 7.62. The van der Waals surface area contributed by atoms with E-state index >= 15 is 0 Å². The Morgan fingerprint density at radius 2 is 1.75 bits per heavy atom. The first-order valence-electron chi connectivity index (χ1n) is 8.89. The van der Waals surface area contributed by atoms with Gasteiger partial charge in [-0.3, -0.25) is 0 Å². The molecule has 2 N–H and O–H groups in total. The van der Waals surface area contributed by atoms with Gasteiger partial charge in [-0.25, -0.2) is 9.98 Å². The highest BCUT2D eigenvalue weighted by Gasteiger charge is 2.13. The highest BCUT2D eigenvalue weighted by atomic mass is 127. The second-order valence-electron chi connectivity index (χ2n) is 5.66. The molecular formula is C19H29IN4O3S. The zero-order valence-corrected chi connectivity index (χ0v) is 20.1. The summed E-state index contributed by atoms with van der Waals surface area (Å²) in [7, 11) is 4.80. The molecule has 0 aliphatic heterocycles. The van der Waals surface area contributed by atoms with Crippen LogP contribution < -0.4 is 24.8 Å². The summed E-state index contributed by atoms with van der Waals surface area (Å²) >= 11 is 1.72. The van der Waals surface area contributed by atoms with Gasteiger partial charge in [0.25, 0.3) is 0 Å². The zero-order valence-electron chi connectivity index (χ0n) is 17.0. The molecule has 0 fully saturated rings. The first-order valence-corrected chi connectivity index (χ1v) is 9.71. The van der Waals surface area contributed by atoms with Crippen LogP contribution in [-0.4, -0.2) is 38.8 Å². The molecule has 28 heavy (non-hydrogen) atoms. The van der Waals surface area contributed by atoms with Gasteiger partial charge in [0, 0.05) is 17.6 Å². The fourth-order valence-corrected chi connectivity index (χ4v) is 3.29. The number of hydrogen-bond donors (Lipinski definition) is 2. The molecule has 2 rings (SSSR count). The van der Waals surface area contributed by atoms with Crippen molar-refractivity contribution in [3.05, 3.63) is 33.8 Å². The monoisotopic (exact) mass is 520 g/mol. The lowest BCUT2D eigenvalue weighted by Crippen LogP contribution is -2.36. The number of nitrogens with one attached hydrogen (secondary N) is 2. The van der Waals surface area contributed by atoms with E-state index in [0.29, 0.717) is 30.3 Å². The second kappa shape index (κ2) is 12.7. The van der Waals surface area contributed by atoms with E-state index in [1.165, 1.54) is 4.88 Å². The minimum Gasteiger partial charge on any atom is -0.493 e. The Bertz CT molecular complexity index is 742. The number of thiazole rings is 1. The average molecular weight is 520 g/mol. The van der Waals surface area contributed by atoms with Crippen molar-refractivity contribution in [2.75, 3.05) is 27.9 Å². The molecule has 0 saturated carbocycles. The van der Waals surface area contributed by atoms with Gasteiger partial charge in [-0.1, -0.05) is 6.92 Å². The first kappa shape index (κ1) is 24.3. The highest BCUT2D eigenvalue weighted by molar-refractivity contribution is 14.0. The largest absolute Gasteiger partial charge is 0.493 e. The van der Waals surface area contributed by atoms with Crippen molar-refractivity contribution in [1.29, 1.82) is 0 Å². The van der Waals surface area contributed by atoms with Crippen LogP contribution in [0.15, 0.2) is 23.3 Å². The van der Waals surface area contributed by atoms with Gasteiger partial charge in [0.15, 0.2) is 17.5 Å². The van der Waals surface area contributed by atoms with Crippen LogP contribution in [0.3, 0.4) is 0 Å². The number of aliphatic imine (C=N–C) groups is 1. The molecule has 1 aromatic heterocycles. The molecule has 0 amide bonds. The fraction of sp³-hybridized carbons (Fsp3) is 0.474. The molecule has 0 bridgehead atoms. The summed E-state index contributed by atoms with van der Waals surface area (Å²) in [6.07, 6.45) is 2.94. The molecule has 1 aromatic carbocycles. The number of guanidine groups is 1. The summed E-state index contributed by atoms with van der Waals surface area (Å²) in [6.45, 7) is 6.07. The molecule has 9 heteroatoms. The van der Waals surface area contributed by atoms with Crippen molar-refractivity contribution in [3.8, 4) is 17.2 Å². The molecule has 0 spiro atoms. The lowest BCUT2D eigenvalue weighted by atomic mass is 10.2. The quantitative estimate of drug-likeness (QED) is 0.299. The summed E-state index contributed by atoms with van der Waals surface area (Å²) in [5.41, 5.74) is 0.962. The summed E-state index contributed by atoms with van der Waals surface area (Å²) in [6, 6.07) is 3.81. The lowest BCUT2D eigenvalue weighted by molar-refractivity contribution is 0.324. The van der Waals surface area contributed by atoms with E-state index in [0.717, 1.165) is 29.5 Å². The third-order valence-electron chi connectivity index (χ3n) is 3.85. The van der Waals surface area contributed by atoms with Crippen molar-refractivity contribution >= 4 is 41.3 Å². The zero-order chi connectivity index (χ0) is 19.6. The fourth-order valence-electron chi connectivity index (χ4n) is 2.49. The van der Waals surface area contributed by atoms with Crippen LogP contribution >= 0.6 is 35.3 Å². The van der Waals surface area contributed by atoms with Gasteiger partial charge in [-0.15, -0.1) is 35.3 Å². The van der Waals surface area contributed by atoms with Crippen LogP contribution in [0.1, 0.15) is 29.3 Å². The van der Waals surface area contributed by atoms with Gasteiger partial charge in [-0.2, -0.15) is 0 Å². The molecule has 2 aromatic rings. The topological polar surface area (TPSA) is 77.0 Å². The van der Waals surface area contributed by atoms with Crippen molar-refractivity contribution in [2.24, 2.45) is 4.99 Å². The van der Waals surface area contributed by atoms with E-state index in [2.05, 4.69) is 27.5 Å². The van der Waals surface area contributed by atoms with E-state index < -0.39 is 0 Å². The van der Waals surface area contributed by atoms with Crippen molar-refractivity contribution < 1.29 is 14.2 Å². The molecular weight excluding hydrogens is 491 g/mol. The number of nitrogens with zero attached hydrogens (tertiary/aromatic N) is 2. The third kappa shape index (κ3) is 6.69. The van der Waals surface area contributed by atoms with Crippen LogP contribution in [-0.2, 0) is 19.5 Å². The van der Waals surface area contributed by atoms with Crippen LogP contribution in [0.2, 0.25) is 0 Å². The Labute approximate surface area is 187 Å². The summed E-state index contributed by atoms with van der Waals surface area (Å²) < 4.78 is 16.2. The van der Waals surface area contributed by atoms with E-state index in [9.17, 15) is 0 Å². The average Bonchev–Trinajstić information content (AvgIpc) is 3.17. The number of aromatic nitrogens is 1. The molecule has 0 saturated heterocycles. The van der Waals surface area contributed by atoms with E-state index in [1.54, 1.807) is 32.7 Å². The lowest BCUT2D eigenvalue weighted by Gasteiger charge is -2.14. The van der Waals surface area contributed by atoms with Gasteiger partial charge in [0.2, 0.25) is 5.75 Å². The minimum absolute atomic E-state index is 0. The summed E-state index contributed by atoms with van der Waals surface area (Å²) in [4.78, 5) is 10.4. The van der Waals surface area contributed by atoms with E-state index in [1.807, 2.05) is 25.3 Å². The van der Waals surface area contributed by atoms with Gasteiger partial charge in [0.05, 0.1) is 34.4 Å². The minimum atomic E-state index is 0. The van der Waals surface area contributed by atoms with Crippen molar-refractivity contribution in [1.82, 2.24) is 15.6 Å². The number of methoxy groups -OCH3 is 3. The van der Waals surface area contributed by atoms with E-state index in [-0.39, 0.29) is 24.0 Å². The maximum Gasteiger partial charge on any atom is 0.203 e. The molecule has 156 valence electrons. The van der Waals surface area contributed by atoms with Crippen LogP contribution in [0.4, 0.5) is 0 Å². The standard InChI is InChI=1S/C19H28N4O3S.HI/c1-6-14-11-21-17(27-14)12-23-19(20-7-2)22-10-13-8-15(24-3)18(26-5)16(9-13)25-4;/h8-9,11H,6-7,10,12H2,1-5H3,(H2,20,22,23);1H. The Morgan fingerprint density at radius 1 is 1.07 bits per heavy atom. The number of aryl methyl sites for hydroxylation is 1. The predicted octanol–water partition coefficient (Wildman–Crippen LogP) is 3.60. The number of ether oxygens (including phenoxy) is 3. The van der Waals surface area contributed by atoms with Crippen LogP contribution in [0, 0.1) is 0 Å². The number of hydrogen-bond acceptors (Lipinski definition) is 6. The smallest absolute Gasteiger partial charge is 0.203 e. The molecule has 0 unspecified atom stereocenters. The van der Waals surface area contributed by atoms with Gasteiger partial charge in [0.1, 0.15) is 5.01 Å². The van der Waals surface area contributed by atoms with Crippen molar-refractivity contribution in [3.63, 3.8) is 0 Å². The normalized spacial score (nSPS) is 10.8. The Hall–Kier alpha value is -1.75. The SMILES string of the molecule is CCNC(=NCc1cc(OC)c(OC)c(OC)c1)NCc1ncc(CC)s1.I. The van der Waals surface area contributed by atoms with E-state index in [4.69, 9.17) is 14.2 Å². The van der Waals surface area contributed by atoms with Crippen LogP contribution in [0.5, 0.6) is 17.2 Å². The predicted molar refractivity (Wildman–Crippen MR) is 125 cm³/mol. The van der Waals surface area contributed by atoms with Gasteiger partial charge >= 0.3 is 0 Å². The number of benzene rings is 1. The third-order valence-corrected chi connectivity index (χ3v) is 4.99. The number of halogens is 1. The molecule has 0 aliphatic carbocycles. The maximum absolute atomic E-state index is 5.40. The van der Waals surface area contributed by atoms with Gasteiger partial charge < -0.3 is 24.8 Å². The Balaban J connectivity index is 0.00000392. The molecule has 1 heterocycles. The van der Waals surface area contributed by atoms with Crippen molar-refractivity contribution in [2.45, 2.75) is 33.4 Å². The number of rotatable bonds is 9. The molecule has 7 nitrogen and oxygen atoms in total. The Kier molecular flexibility index (Phi) is 11.0. The Morgan fingerprint density at radius 3 is 2.25 bits per heavy atom. The van der Waals surface area contributed by atoms with Gasteiger partial charge in [-0.05, 0) is 31.0 Å². The maximum atomic E-state index is 5.40.